The Morgan fingerprint density at radius 3 is 2.69 bits per heavy atom. The molecule has 0 bridgehead atoms. The van der Waals surface area contributed by atoms with Gasteiger partial charge in [0.15, 0.2) is 0 Å². The molecule has 1 atom stereocenters. The second-order valence-electron chi connectivity index (χ2n) is 9.39. The van der Waals surface area contributed by atoms with Gasteiger partial charge in [-0.05, 0) is 62.4 Å². The molecule has 0 aliphatic carbocycles. The first-order chi connectivity index (χ1) is 15.4. The molecule has 4 rings (SSSR count). The SMILES string of the molecule is CC1CCN(CCC(=O)N2CCC[C@@H]2c2nc(N(C)C)ncc2-c2cccc(F)c2)CC1. The van der Waals surface area contributed by atoms with Crippen LogP contribution in [0.15, 0.2) is 30.5 Å². The average Bonchev–Trinajstić information content (AvgIpc) is 3.28. The van der Waals surface area contributed by atoms with Gasteiger partial charge in [-0.3, -0.25) is 4.79 Å². The highest BCUT2D eigenvalue weighted by atomic mass is 19.1. The summed E-state index contributed by atoms with van der Waals surface area (Å²) in [6.45, 7) is 6.03. The molecule has 0 unspecified atom stereocenters. The molecule has 1 aromatic heterocycles. The first-order valence-electron chi connectivity index (χ1n) is 11.7. The van der Waals surface area contributed by atoms with Gasteiger partial charge in [0.2, 0.25) is 11.9 Å². The molecule has 7 heteroatoms. The molecule has 1 aromatic carbocycles. The van der Waals surface area contributed by atoms with Crippen LogP contribution in [-0.2, 0) is 4.79 Å². The third-order valence-electron chi connectivity index (χ3n) is 6.75. The van der Waals surface area contributed by atoms with Crippen LogP contribution >= 0.6 is 0 Å². The summed E-state index contributed by atoms with van der Waals surface area (Å²) < 4.78 is 14.0. The number of carbonyl (C=O) groups is 1. The van der Waals surface area contributed by atoms with Crippen molar-refractivity contribution in [2.75, 3.05) is 45.2 Å². The number of rotatable bonds is 6. The first kappa shape index (κ1) is 22.6. The van der Waals surface area contributed by atoms with Crippen molar-refractivity contribution in [3.63, 3.8) is 0 Å². The molecule has 0 radical (unpaired) electrons. The zero-order chi connectivity index (χ0) is 22.7. The van der Waals surface area contributed by atoms with E-state index >= 15 is 0 Å². The largest absolute Gasteiger partial charge is 0.347 e. The molecule has 1 amide bonds. The lowest BCUT2D eigenvalue weighted by Gasteiger charge is -2.31. The van der Waals surface area contributed by atoms with E-state index in [0.29, 0.717) is 12.4 Å². The quantitative estimate of drug-likeness (QED) is 0.677. The van der Waals surface area contributed by atoms with Crippen LogP contribution in [0, 0.1) is 11.7 Å². The molecular weight excluding hydrogens is 405 g/mol. The van der Waals surface area contributed by atoms with E-state index in [9.17, 15) is 9.18 Å². The summed E-state index contributed by atoms with van der Waals surface area (Å²) in [6, 6.07) is 6.41. The van der Waals surface area contributed by atoms with E-state index < -0.39 is 0 Å². The van der Waals surface area contributed by atoms with Gasteiger partial charge in [-0.2, -0.15) is 0 Å². The fourth-order valence-corrected chi connectivity index (χ4v) is 4.77. The molecular formula is C25H34FN5O. The topological polar surface area (TPSA) is 52.6 Å². The Labute approximate surface area is 190 Å². The molecule has 0 saturated carbocycles. The number of aromatic nitrogens is 2. The maximum Gasteiger partial charge on any atom is 0.225 e. The summed E-state index contributed by atoms with van der Waals surface area (Å²) in [5.41, 5.74) is 2.35. The van der Waals surface area contributed by atoms with Crippen LogP contribution in [-0.4, -0.2) is 65.9 Å². The van der Waals surface area contributed by atoms with E-state index in [1.807, 2.05) is 30.0 Å². The van der Waals surface area contributed by atoms with Crippen LogP contribution in [0.25, 0.3) is 11.1 Å². The number of likely N-dealkylation sites (tertiary alicyclic amines) is 2. The predicted molar refractivity (Wildman–Crippen MR) is 125 cm³/mol. The monoisotopic (exact) mass is 439 g/mol. The minimum absolute atomic E-state index is 0.108. The van der Waals surface area contributed by atoms with Gasteiger partial charge in [-0.25, -0.2) is 14.4 Å². The van der Waals surface area contributed by atoms with Gasteiger partial charge in [0.25, 0.3) is 0 Å². The number of piperidine rings is 1. The fraction of sp³-hybridized carbons (Fsp3) is 0.560. The molecule has 32 heavy (non-hydrogen) atoms. The minimum atomic E-state index is -0.291. The summed E-state index contributed by atoms with van der Waals surface area (Å²) in [4.78, 5) is 28.8. The van der Waals surface area contributed by atoms with Gasteiger partial charge in [-0.1, -0.05) is 19.1 Å². The lowest BCUT2D eigenvalue weighted by Crippen LogP contribution is -2.38. The number of hydrogen-bond acceptors (Lipinski definition) is 5. The Balaban J connectivity index is 1.56. The molecule has 3 heterocycles. The van der Waals surface area contributed by atoms with Crippen LogP contribution in [0.3, 0.4) is 0 Å². The number of amides is 1. The summed E-state index contributed by atoms with van der Waals surface area (Å²) in [7, 11) is 3.80. The van der Waals surface area contributed by atoms with Crippen LogP contribution in [0.4, 0.5) is 10.3 Å². The highest BCUT2D eigenvalue weighted by Gasteiger charge is 2.33. The van der Waals surface area contributed by atoms with E-state index in [1.165, 1.54) is 25.0 Å². The van der Waals surface area contributed by atoms with Crippen molar-refractivity contribution >= 4 is 11.9 Å². The standard InChI is InChI=1S/C25H34FN5O/c1-18-9-13-30(14-10-18)15-11-23(32)31-12-5-8-22(31)24-21(17-27-25(28-24)29(2)3)19-6-4-7-20(26)16-19/h4,6-7,16-18,22H,5,8-15H2,1-3H3/t22-/m1/s1. The molecule has 6 nitrogen and oxygen atoms in total. The van der Waals surface area contributed by atoms with Crippen molar-refractivity contribution in [2.24, 2.45) is 5.92 Å². The molecule has 2 aliphatic rings. The van der Waals surface area contributed by atoms with Gasteiger partial charge in [0.05, 0.1) is 11.7 Å². The normalized spacial score (nSPS) is 20.0. The van der Waals surface area contributed by atoms with E-state index in [4.69, 9.17) is 4.98 Å². The number of halogens is 1. The smallest absolute Gasteiger partial charge is 0.225 e. The van der Waals surface area contributed by atoms with Gasteiger partial charge in [0.1, 0.15) is 5.82 Å². The van der Waals surface area contributed by atoms with E-state index in [1.54, 1.807) is 12.3 Å². The molecule has 172 valence electrons. The molecule has 2 aliphatic heterocycles. The average molecular weight is 440 g/mol. The van der Waals surface area contributed by atoms with Crippen molar-refractivity contribution in [1.82, 2.24) is 19.8 Å². The summed E-state index contributed by atoms with van der Waals surface area (Å²) >= 11 is 0. The zero-order valence-electron chi connectivity index (χ0n) is 19.4. The van der Waals surface area contributed by atoms with Crippen molar-refractivity contribution in [2.45, 2.75) is 45.1 Å². The zero-order valence-corrected chi connectivity index (χ0v) is 19.4. The Morgan fingerprint density at radius 2 is 1.97 bits per heavy atom. The third kappa shape index (κ3) is 5.09. The highest BCUT2D eigenvalue weighted by molar-refractivity contribution is 5.78. The van der Waals surface area contributed by atoms with Crippen molar-refractivity contribution in [3.8, 4) is 11.1 Å². The lowest BCUT2D eigenvalue weighted by molar-refractivity contribution is -0.132. The van der Waals surface area contributed by atoms with Crippen molar-refractivity contribution in [3.05, 3.63) is 42.0 Å². The van der Waals surface area contributed by atoms with Gasteiger partial charge in [0, 0.05) is 45.4 Å². The highest BCUT2D eigenvalue weighted by Crippen LogP contribution is 2.37. The summed E-state index contributed by atoms with van der Waals surface area (Å²) in [5.74, 6) is 1.28. The number of carbonyl (C=O) groups excluding carboxylic acids is 1. The summed E-state index contributed by atoms with van der Waals surface area (Å²) in [6.07, 6.45) is 6.53. The number of anilines is 1. The Hall–Kier alpha value is -2.54. The van der Waals surface area contributed by atoms with Crippen molar-refractivity contribution in [1.29, 1.82) is 0 Å². The fourth-order valence-electron chi connectivity index (χ4n) is 4.77. The molecule has 2 saturated heterocycles. The number of nitrogens with zero attached hydrogens (tertiary/aromatic N) is 5. The third-order valence-corrected chi connectivity index (χ3v) is 6.75. The molecule has 2 aromatic rings. The Morgan fingerprint density at radius 1 is 1.19 bits per heavy atom. The molecule has 2 fully saturated rings. The van der Waals surface area contributed by atoms with Crippen molar-refractivity contribution < 1.29 is 9.18 Å². The minimum Gasteiger partial charge on any atom is -0.347 e. The van der Waals surface area contributed by atoms with E-state index in [0.717, 1.165) is 61.8 Å². The van der Waals surface area contributed by atoms with Crippen LogP contribution in [0.1, 0.15) is 50.8 Å². The Bertz CT molecular complexity index is 942. The van der Waals surface area contributed by atoms with Gasteiger partial charge >= 0.3 is 0 Å². The van der Waals surface area contributed by atoms with Crippen LogP contribution < -0.4 is 4.90 Å². The first-order valence-corrected chi connectivity index (χ1v) is 11.7. The van der Waals surface area contributed by atoms with Crippen LogP contribution in [0.2, 0.25) is 0 Å². The second-order valence-corrected chi connectivity index (χ2v) is 9.39. The summed E-state index contributed by atoms with van der Waals surface area (Å²) in [5, 5.41) is 0. The van der Waals surface area contributed by atoms with Crippen LogP contribution in [0.5, 0.6) is 0 Å². The molecule has 0 N–H and O–H groups in total. The number of hydrogen-bond donors (Lipinski definition) is 0. The number of benzene rings is 1. The van der Waals surface area contributed by atoms with Gasteiger partial charge in [-0.15, -0.1) is 0 Å². The van der Waals surface area contributed by atoms with E-state index in [-0.39, 0.29) is 17.8 Å². The maximum atomic E-state index is 14.0. The maximum absolute atomic E-state index is 14.0. The van der Waals surface area contributed by atoms with E-state index in [2.05, 4.69) is 16.8 Å². The van der Waals surface area contributed by atoms with Gasteiger partial charge < -0.3 is 14.7 Å². The predicted octanol–water partition coefficient (Wildman–Crippen LogP) is 4.13. The second kappa shape index (κ2) is 9.94. The molecule has 0 spiro atoms. The Kier molecular flexibility index (Phi) is 7.04. The lowest BCUT2D eigenvalue weighted by atomic mass is 9.99.